The Hall–Kier alpha value is -2.69. The first kappa shape index (κ1) is 14.9. The third-order valence-electron chi connectivity index (χ3n) is 4.50. The van der Waals surface area contributed by atoms with E-state index in [1.54, 1.807) is 0 Å². The molecule has 24 heavy (non-hydrogen) atoms. The summed E-state index contributed by atoms with van der Waals surface area (Å²) in [5.41, 5.74) is 1.20. The number of nitrogens with zero attached hydrogens (tertiary/aromatic N) is 2. The number of ether oxygens (including phenoxy) is 2. The minimum atomic E-state index is -0.553. The van der Waals surface area contributed by atoms with Crippen LogP contribution in [0.4, 0.5) is 5.69 Å². The lowest BCUT2D eigenvalue weighted by Crippen LogP contribution is -2.54. The van der Waals surface area contributed by atoms with E-state index < -0.39 is 6.10 Å². The van der Waals surface area contributed by atoms with Gasteiger partial charge in [0.15, 0.2) is 11.5 Å². The molecule has 2 aliphatic heterocycles. The van der Waals surface area contributed by atoms with Crippen molar-refractivity contribution in [1.29, 1.82) is 0 Å². The molecule has 5 nitrogen and oxygen atoms in total. The SMILES string of the molecule is O=C([C@H]1COc2ccccc2O1)N1CCN(c2ccccc2)CC1. The predicted octanol–water partition coefficient (Wildman–Crippen LogP) is 2.18. The summed E-state index contributed by atoms with van der Waals surface area (Å²) in [5, 5.41) is 0. The van der Waals surface area contributed by atoms with Gasteiger partial charge in [0, 0.05) is 31.9 Å². The molecule has 0 N–H and O–H groups in total. The Morgan fingerprint density at radius 2 is 1.54 bits per heavy atom. The van der Waals surface area contributed by atoms with Gasteiger partial charge in [-0.15, -0.1) is 0 Å². The molecule has 1 fully saturated rings. The highest BCUT2D eigenvalue weighted by molar-refractivity contribution is 5.82. The first-order valence-electron chi connectivity index (χ1n) is 8.28. The second kappa shape index (κ2) is 6.43. The van der Waals surface area contributed by atoms with Gasteiger partial charge in [-0.2, -0.15) is 0 Å². The van der Waals surface area contributed by atoms with E-state index in [1.807, 2.05) is 47.4 Å². The first-order valence-corrected chi connectivity index (χ1v) is 8.28. The van der Waals surface area contributed by atoms with Gasteiger partial charge in [0.05, 0.1) is 0 Å². The fourth-order valence-corrected chi connectivity index (χ4v) is 3.17. The van der Waals surface area contributed by atoms with Gasteiger partial charge >= 0.3 is 0 Å². The molecule has 1 saturated heterocycles. The maximum absolute atomic E-state index is 12.7. The largest absolute Gasteiger partial charge is 0.485 e. The average Bonchev–Trinajstić information content (AvgIpc) is 2.68. The van der Waals surface area contributed by atoms with Crippen LogP contribution in [0, 0.1) is 0 Å². The fraction of sp³-hybridized carbons (Fsp3) is 0.316. The van der Waals surface area contributed by atoms with Gasteiger partial charge in [-0.3, -0.25) is 4.79 Å². The van der Waals surface area contributed by atoms with Crippen molar-refractivity contribution in [3.05, 3.63) is 54.6 Å². The van der Waals surface area contributed by atoms with Crippen LogP contribution in [0.1, 0.15) is 0 Å². The van der Waals surface area contributed by atoms with Crippen LogP contribution < -0.4 is 14.4 Å². The Balaban J connectivity index is 1.37. The quantitative estimate of drug-likeness (QED) is 0.849. The molecular weight excluding hydrogens is 304 g/mol. The Bertz CT molecular complexity index is 712. The molecule has 0 bridgehead atoms. The molecule has 0 aliphatic carbocycles. The van der Waals surface area contributed by atoms with E-state index in [-0.39, 0.29) is 12.5 Å². The Kier molecular flexibility index (Phi) is 3.99. The van der Waals surface area contributed by atoms with Gasteiger partial charge in [-0.05, 0) is 24.3 Å². The Morgan fingerprint density at radius 1 is 0.875 bits per heavy atom. The lowest BCUT2D eigenvalue weighted by atomic mass is 10.2. The summed E-state index contributed by atoms with van der Waals surface area (Å²) in [6, 6.07) is 17.8. The van der Waals surface area contributed by atoms with E-state index in [0.717, 1.165) is 13.1 Å². The van der Waals surface area contributed by atoms with Crippen LogP contribution in [-0.4, -0.2) is 49.7 Å². The normalized spacial score (nSPS) is 19.9. The summed E-state index contributed by atoms with van der Waals surface area (Å²) >= 11 is 0. The summed E-state index contributed by atoms with van der Waals surface area (Å²) in [6.07, 6.45) is -0.553. The third-order valence-corrected chi connectivity index (χ3v) is 4.50. The maximum atomic E-state index is 12.7. The Morgan fingerprint density at radius 3 is 2.29 bits per heavy atom. The van der Waals surface area contributed by atoms with Gasteiger partial charge in [-0.1, -0.05) is 30.3 Å². The van der Waals surface area contributed by atoms with Crippen molar-refractivity contribution in [3.63, 3.8) is 0 Å². The molecule has 1 atom stereocenters. The van der Waals surface area contributed by atoms with Crippen molar-refractivity contribution in [2.45, 2.75) is 6.10 Å². The molecule has 2 aromatic carbocycles. The van der Waals surface area contributed by atoms with Crippen LogP contribution in [0.3, 0.4) is 0 Å². The number of anilines is 1. The molecule has 2 aromatic rings. The third kappa shape index (κ3) is 2.89. The zero-order valence-corrected chi connectivity index (χ0v) is 13.4. The lowest BCUT2D eigenvalue weighted by molar-refractivity contribution is -0.141. The van der Waals surface area contributed by atoms with Crippen LogP contribution in [0.25, 0.3) is 0 Å². The molecule has 0 spiro atoms. The van der Waals surface area contributed by atoms with Gasteiger partial charge in [0.2, 0.25) is 6.10 Å². The minimum Gasteiger partial charge on any atom is -0.485 e. The van der Waals surface area contributed by atoms with Gasteiger partial charge in [0.1, 0.15) is 6.61 Å². The number of fused-ring (bicyclic) bond motifs is 1. The summed E-state index contributed by atoms with van der Waals surface area (Å²) in [5.74, 6) is 1.36. The molecule has 4 rings (SSSR count). The average molecular weight is 324 g/mol. The monoisotopic (exact) mass is 324 g/mol. The molecule has 5 heteroatoms. The van der Waals surface area contributed by atoms with Crippen molar-refractivity contribution < 1.29 is 14.3 Å². The number of hydrogen-bond donors (Lipinski definition) is 0. The molecular formula is C19H20N2O3. The topological polar surface area (TPSA) is 42.0 Å². The minimum absolute atomic E-state index is 0.0113. The fourth-order valence-electron chi connectivity index (χ4n) is 3.17. The Labute approximate surface area is 141 Å². The van der Waals surface area contributed by atoms with Crippen LogP contribution in [0.5, 0.6) is 11.5 Å². The first-order chi connectivity index (χ1) is 11.8. The smallest absolute Gasteiger partial charge is 0.267 e. The van der Waals surface area contributed by atoms with E-state index in [9.17, 15) is 4.79 Å². The second-order valence-corrected chi connectivity index (χ2v) is 6.01. The zero-order valence-electron chi connectivity index (χ0n) is 13.4. The summed E-state index contributed by atoms with van der Waals surface area (Å²) in [4.78, 5) is 16.9. The van der Waals surface area contributed by atoms with Crippen LogP contribution in [0.2, 0.25) is 0 Å². The van der Waals surface area contributed by atoms with E-state index in [0.29, 0.717) is 24.6 Å². The number of benzene rings is 2. The van der Waals surface area contributed by atoms with Gasteiger partial charge in [0.25, 0.3) is 5.91 Å². The molecule has 1 amide bonds. The summed E-state index contributed by atoms with van der Waals surface area (Å²) < 4.78 is 11.5. The van der Waals surface area contributed by atoms with Crippen molar-refractivity contribution >= 4 is 11.6 Å². The maximum Gasteiger partial charge on any atom is 0.267 e. The number of carbonyl (C=O) groups is 1. The molecule has 2 heterocycles. The summed E-state index contributed by atoms with van der Waals surface area (Å²) in [7, 11) is 0. The number of carbonyl (C=O) groups excluding carboxylic acids is 1. The van der Waals surface area contributed by atoms with Crippen molar-refractivity contribution in [2.75, 3.05) is 37.7 Å². The zero-order chi connectivity index (χ0) is 16.4. The number of para-hydroxylation sites is 3. The predicted molar refractivity (Wildman–Crippen MR) is 91.6 cm³/mol. The van der Waals surface area contributed by atoms with Crippen LogP contribution in [0.15, 0.2) is 54.6 Å². The molecule has 0 unspecified atom stereocenters. The molecule has 0 saturated carbocycles. The number of hydrogen-bond acceptors (Lipinski definition) is 4. The molecule has 0 radical (unpaired) electrons. The standard InChI is InChI=1S/C19H20N2O3/c22-19(18-14-23-16-8-4-5-9-17(16)24-18)21-12-10-20(11-13-21)15-6-2-1-3-7-15/h1-9,18H,10-14H2/t18-/m1/s1. The highest BCUT2D eigenvalue weighted by Crippen LogP contribution is 2.31. The van der Waals surface area contributed by atoms with Crippen LogP contribution in [-0.2, 0) is 4.79 Å². The van der Waals surface area contributed by atoms with Crippen molar-refractivity contribution in [2.24, 2.45) is 0 Å². The second-order valence-electron chi connectivity index (χ2n) is 6.01. The highest BCUT2D eigenvalue weighted by Gasteiger charge is 2.32. The molecule has 0 aromatic heterocycles. The highest BCUT2D eigenvalue weighted by atomic mass is 16.6. The van der Waals surface area contributed by atoms with E-state index in [1.165, 1.54) is 5.69 Å². The van der Waals surface area contributed by atoms with Gasteiger partial charge < -0.3 is 19.3 Å². The van der Waals surface area contributed by atoms with Crippen molar-refractivity contribution in [1.82, 2.24) is 4.90 Å². The number of rotatable bonds is 2. The summed E-state index contributed by atoms with van der Waals surface area (Å²) in [6.45, 7) is 3.35. The van der Waals surface area contributed by atoms with E-state index in [4.69, 9.17) is 9.47 Å². The van der Waals surface area contributed by atoms with Crippen molar-refractivity contribution in [3.8, 4) is 11.5 Å². The lowest BCUT2D eigenvalue weighted by Gasteiger charge is -2.38. The number of amides is 1. The van der Waals surface area contributed by atoms with Gasteiger partial charge in [-0.25, -0.2) is 0 Å². The van der Waals surface area contributed by atoms with E-state index >= 15 is 0 Å². The molecule has 2 aliphatic rings. The van der Waals surface area contributed by atoms with Crippen LogP contribution >= 0.6 is 0 Å². The van der Waals surface area contributed by atoms with E-state index in [2.05, 4.69) is 17.0 Å². The molecule has 124 valence electrons. The number of piperazine rings is 1.